The molecule has 188 valence electrons. The Kier molecular flexibility index (Phi) is 9.15. The largest absolute Gasteiger partial charge is 0.495 e. The third-order valence-corrected chi connectivity index (χ3v) is 6.59. The van der Waals surface area contributed by atoms with E-state index < -0.39 is 24.5 Å². The molecule has 35 heavy (non-hydrogen) atoms. The number of esters is 2. The number of benzene rings is 2. The molecule has 0 spiro atoms. The van der Waals surface area contributed by atoms with Gasteiger partial charge in [0.1, 0.15) is 11.9 Å². The summed E-state index contributed by atoms with van der Waals surface area (Å²) in [5.74, 6) is -0.370. The molecule has 2 aromatic rings. The molecule has 1 N–H and O–H groups in total. The Labute approximate surface area is 211 Å². The van der Waals surface area contributed by atoms with Crippen molar-refractivity contribution in [3.63, 3.8) is 0 Å². The fraction of sp³-hybridized carbons (Fsp3) is 0.444. The molecule has 0 saturated heterocycles. The van der Waals surface area contributed by atoms with Gasteiger partial charge in [0, 0.05) is 5.02 Å². The molecule has 0 radical (unpaired) electrons. The third-order valence-electron chi connectivity index (χ3n) is 6.36. The van der Waals surface area contributed by atoms with Crippen molar-refractivity contribution in [1.29, 1.82) is 0 Å². The van der Waals surface area contributed by atoms with Crippen LogP contribution in [-0.2, 0) is 14.3 Å². The average Bonchev–Trinajstić information content (AvgIpc) is 2.82. The zero-order chi connectivity index (χ0) is 25.5. The summed E-state index contributed by atoms with van der Waals surface area (Å²) in [4.78, 5) is 38.2. The standard InChI is InChI=1S/C27H32ClNO6/c1-16(2)19-11-9-17(3)13-24(19)35-27(32)21-8-6-5-7-20(21)26(31)34-15-25(30)29-22-14-18(28)10-12-23(22)33-4/h5-8,10,12,14,16-17,19,24H,9,11,13,15H2,1-4H3,(H,29,30)/t17-,19-,24+/m0/s1. The summed E-state index contributed by atoms with van der Waals surface area (Å²) in [6.45, 7) is 5.88. The zero-order valence-corrected chi connectivity index (χ0v) is 21.3. The molecular weight excluding hydrogens is 470 g/mol. The van der Waals surface area contributed by atoms with Crippen LogP contribution in [-0.4, -0.2) is 37.7 Å². The van der Waals surface area contributed by atoms with E-state index in [2.05, 4.69) is 26.1 Å². The molecule has 7 nitrogen and oxygen atoms in total. The Morgan fingerprint density at radius 1 is 1.06 bits per heavy atom. The summed E-state index contributed by atoms with van der Waals surface area (Å²) in [5, 5.41) is 3.02. The summed E-state index contributed by atoms with van der Waals surface area (Å²) in [5.41, 5.74) is 0.525. The number of amides is 1. The molecule has 1 saturated carbocycles. The predicted molar refractivity (Wildman–Crippen MR) is 134 cm³/mol. The number of hydrogen-bond acceptors (Lipinski definition) is 6. The first-order chi connectivity index (χ1) is 16.7. The van der Waals surface area contributed by atoms with Gasteiger partial charge in [-0.2, -0.15) is 0 Å². The van der Waals surface area contributed by atoms with Crippen LogP contribution in [0.1, 0.15) is 60.7 Å². The van der Waals surface area contributed by atoms with Crippen LogP contribution in [0.2, 0.25) is 5.02 Å². The van der Waals surface area contributed by atoms with Gasteiger partial charge in [-0.1, -0.05) is 50.9 Å². The first-order valence-corrected chi connectivity index (χ1v) is 12.2. The minimum atomic E-state index is -0.789. The lowest BCUT2D eigenvalue weighted by molar-refractivity contribution is -0.119. The Bertz CT molecular complexity index is 1070. The van der Waals surface area contributed by atoms with Gasteiger partial charge < -0.3 is 19.5 Å². The fourth-order valence-corrected chi connectivity index (χ4v) is 4.64. The summed E-state index contributed by atoms with van der Waals surface area (Å²) < 4.78 is 16.3. The lowest BCUT2D eigenvalue weighted by Crippen LogP contribution is -2.36. The number of rotatable bonds is 8. The van der Waals surface area contributed by atoms with E-state index in [4.69, 9.17) is 25.8 Å². The van der Waals surface area contributed by atoms with Crippen molar-refractivity contribution in [2.24, 2.45) is 17.8 Å². The number of nitrogens with one attached hydrogen (secondary N) is 1. The number of methoxy groups -OCH3 is 1. The van der Waals surface area contributed by atoms with Crippen LogP contribution in [0.3, 0.4) is 0 Å². The van der Waals surface area contributed by atoms with Crippen LogP contribution < -0.4 is 10.1 Å². The zero-order valence-electron chi connectivity index (χ0n) is 20.5. The van der Waals surface area contributed by atoms with Crippen molar-refractivity contribution >= 4 is 35.1 Å². The second-order valence-corrected chi connectivity index (χ2v) is 9.72. The SMILES string of the molecule is COc1ccc(Cl)cc1NC(=O)COC(=O)c1ccccc1C(=O)O[C@@H]1C[C@@H](C)CC[C@H]1C(C)C. The highest BCUT2D eigenvalue weighted by Crippen LogP contribution is 2.36. The van der Waals surface area contributed by atoms with E-state index in [-0.39, 0.29) is 23.1 Å². The van der Waals surface area contributed by atoms with Crippen molar-refractivity contribution in [2.45, 2.75) is 46.1 Å². The van der Waals surface area contributed by atoms with Crippen LogP contribution in [0.25, 0.3) is 0 Å². The minimum Gasteiger partial charge on any atom is -0.495 e. The second kappa shape index (κ2) is 12.1. The lowest BCUT2D eigenvalue weighted by Gasteiger charge is -2.36. The van der Waals surface area contributed by atoms with Crippen molar-refractivity contribution in [3.05, 3.63) is 58.6 Å². The van der Waals surface area contributed by atoms with E-state index in [1.807, 2.05) is 0 Å². The highest BCUT2D eigenvalue weighted by atomic mass is 35.5. The van der Waals surface area contributed by atoms with Crippen molar-refractivity contribution < 1.29 is 28.6 Å². The monoisotopic (exact) mass is 501 g/mol. The molecule has 0 unspecified atom stereocenters. The summed E-state index contributed by atoms with van der Waals surface area (Å²) in [7, 11) is 1.46. The van der Waals surface area contributed by atoms with Gasteiger partial charge in [-0.05, 0) is 60.9 Å². The Morgan fingerprint density at radius 2 is 1.74 bits per heavy atom. The Balaban J connectivity index is 1.66. The van der Waals surface area contributed by atoms with Crippen LogP contribution in [0.15, 0.2) is 42.5 Å². The number of carbonyl (C=O) groups excluding carboxylic acids is 3. The highest BCUT2D eigenvalue weighted by Gasteiger charge is 2.34. The van der Waals surface area contributed by atoms with Crippen LogP contribution in [0.4, 0.5) is 5.69 Å². The van der Waals surface area contributed by atoms with Gasteiger partial charge in [-0.25, -0.2) is 9.59 Å². The molecule has 1 amide bonds. The maximum absolute atomic E-state index is 13.1. The van der Waals surface area contributed by atoms with E-state index in [1.165, 1.54) is 25.3 Å². The van der Waals surface area contributed by atoms with Crippen LogP contribution in [0, 0.1) is 17.8 Å². The second-order valence-electron chi connectivity index (χ2n) is 9.28. The molecule has 1 aliphatic carbocycles. The van der Waals surface area contributed by atoms with E-state index in [9.17, 15) is 14.4 Å². The lowest BCUT2D eigenvalue weighted by atomic mass is 9.75. The normalized spacial score (nSPS) is 19.7. The summed E-state index contributed by atoms with van der Waals surface area (Å²) in [6.07, 6.45) is 2.72. The molecule has 8 heteroatoms. The topological polar surface area (TPSA) is 90.9 Å². The molecule has 2 aromatic carbocycles. The first kappa shape index (κ1) is 26.5. The molecule has 3 rings (SSSR count). The van der Waals surface area contributed by atoms with E-state index in [1.54, 1.807) is 24.3 Å². The van der Waals surface area contributed by atoms with E-state index >= 15 is 0 Å². The van der Waals surface area contributed by atoms with Crippen LogP contribution >= 0.6 is 11.6 Å². The number of hydrogen-bond donors (Lipinski definition) is 1. The quantitative estimate of drug-likeness (QED) is 0.462. The van der Waals surface area contributed by atoms with Gasteiger partial charge in [0.2, 0.25) is 0 Å². The summed E-state index contributed by atoms with van der Waals surface area (Å²) in [6, 6.07) is 11.1. The van der Waals surface area contributed by atoms with Gasteiger partial charge in [0.15, 0.2) is 6.61 Å². The van der Waals surface area contributed by atoms with Gasteiger partial charge in [0.25, 0.3) is 5.91 Å². The van der Waals surface area contributed by atoms with Crippen molar-refractivity contribution in [3.8, 4) is 5.75 Å². The minimum absolute atomic E-state index is 0.0515. The molecule has 1 fully saturated rings. The molecule has 3 atom stereocenters. The molecule has 0 heterocycles. The highest BCUT2D eigenvalue weighted by molar-refractivity contribution is 6.31. The Hall–Kier alpha value is -3.06. The van der Waals surface area contributed by atoms with Crippen LogP contribution in [0.5, 0.6) is 5.75 Å². The maximum atomic E-state index is 13.1. The van der Waals surface area contributed by atoms with E-state index in [0.717, 1.165) is 19.3 Å². The van der Waals surface area contributed by atoms with Gasteiger partial charge in [0.05, 0.1) is 23.9 Å². The molecule has 1 aliphatic rings. The van der Waals surface area contributed by atoms with Gasteiger partial charge >= 0.3 is 11.9 Å². The Morgan fingerprint density at radius 3 is 2.40 bits per heavy atom. The smallest absolute Gasteiger partial charge is 0.339 e. The number of ether oxygens (including phenoxy) is 3. The molecule has 0 bridgehead atoms. The first-order valence-electron chi connectivity index (χ1n) is 11.8. The van der Waals surface area contributed by atoms with Gasteiger partial charge in [-0.3, -0.25) is 4.79 Å². The average molecular weight is 502 g/mol. The molecule has 0 aliphatic heterocycles. The van der Waals surface area contributed by atoms with Gasteiger partial charge in [-0.15, -0.1) is 0 Å². The fourth-order valence-electron chi connectivity index (χ4n) is 4.46. The summed E-state index contributed by atoms with van der Waals surface area (Å²) >= 11 is 5.98. The van der Waals surface area contributed by atoms with E-state index in [0.29, 0.717) is 28.3 Å². The number of anilines is 1. The van der Waals surface area contributed by atoms with Crippen molar-refractivity contribution in [2.75, 3.05) is 19.0 Å². The number of carbonyl (C=O) groups is 3. The third kappa shape index (κ3) is 6.98. The predicted octanol–water partition coefficient (Wildman–Crippen LogP) is 5.76. The van der Waals surface area contributed by atoms with Crippen molar-refractivity contribution in [1.82, 2.24) is 0 Å². The molecular formula is C27H32ClNO6. The number of halogens is 1. The maximum Gasteiger partial charge on any atom is 0.339 e. The molecule has 0 aromatic heterocycles.